The van der Waals surface area contributed by atoms with Crippen molar-refractivity contribution in [3.63, 3.8) is 0 Å². The molecule has 0 aliphatic carbocycles. The number of oxazole rings is 1. The highest BCUT2D eigenvalue weighted by Crippen LogP contribution is 2.37. The van der Waals surface area contributed by atoms with E-state index in [1.807, 2.05) is 24.3 Å². The SMILES string of the molecule is Brc1c2ccc(-c3ccccc3)cc2n2c1oc1ccccc12. The van der Waals surface area contributed by atoms with Gasteiger partial charge in [-0.05, 0) is 45.3 Å². The summed E-state index contributed by atoms with van der Waals surface area (Å²) >= 11 is 3.70. The van der Waals surface area contributed by atoms with Crippen LogP contribution in [0.25, 0.3) is 38.8 Å². The number of rotatable bonds is 1. The first kappa shape index (κ1) is 13.0. The third-order valence-electron chi connectivity index (χ3n) is 4.29. The van der Waals surface area contributed by atoms with E-state index in [-0.39, 0.29) is 0 Å². The maximum absolute atomic E-state index is 6.03. The standard InChI is InChI=1S/C20H12BrNO/c21-19-15-11-10-14(13-6-2-1-3-7-13)12-17(15)22-16-8-4-5-9-18(16)23-20(19)22/h1-12H. The van der Waals surface area contributed by atoms with Gasteiger partial charge in [0.15, 0.2) is 5.58 Å². The maximum Gasteiger partial charge on any atom is 0.220 e. The fourth-order valence-electron chi connectivity index (χ4n) is 3.20. The van der Waals surface area contributed by atoms with Crippen LogP contribution in [0, 0.1) is 0 Å². The van der Waals surface area contributed by atoms with E-state index in [4.69, 9.17) is 4.42 Å². The van der Waals surface area contributed by atoms with Crippen molar-refractivity contribution in [1.82, 2.24) is 4.40 Å². The molecule has 3 aromatic carbocycles. The van der Waals surface area contributed by atoms with Gasteiger partial charge in [0.2, 0.25) is 5.71 Å². The number of hydrogen-bond donors (Lipinski definition) is 0. The van der Waals surface area contributed by atoms with Gasteiger partial charge in [-0.1, -0.05) is 54.6 Å². The van der Waals surface area contributed by atoms with Crippen LogP contribution in [-0.4, -0.2) is 4.40 Å². The smallest absolute Gasteiger partial charge is 0.220 e. The first-order valence-electron chi connectivity index (χ1n) is 7.49. The van der Waals surface area contributed by atoms with Crippen LogP contribution in [0.5, 0.6) is 0 Å². The van der Waals surface area contributed by atoms with E-state index in [1.165, 1.54) is 11.1 Å². The summed E-state index contributed by atoms with van der Waals surface area (Å²) in [5.74, 6) is 0. The summed E-state index contributed by atoms with van der Waals surface area (Å²) in [4.78, 5) is 0. The molecule has 0 saturated carbocycles. The third kappa shape index (κ3) is 1.80. The molecule has 0 aliphatic rings. The van der Waals surface area contributed by atoms with Crippen molar-refractivity contribution in [3.8, 4) is 11.1 Å². The zero-order valence-electron chi connectivity index (χ0n) is 12.2. The molecule has 0 atom stereocenters. The largest absolute Gasteiger partial charge is 0.437 e. The van der Waals surface area contributed by atoms with Crippen LogP contribution in [0.2, 0.25) is 0 Å². The van der Waals surface area contributed by atoms with Crippen LogP contribution >= 0.6 is 15.9 Å². The van der Waals surface area contributed by atoms with Crippen molar-refractivity contribution < 1.29 is 4.42 Å². The van der Waals surface area contributed by atoms with Gasteiger partial charge in [-0.2, -0.15) is 0 Å². The molecule has 2 aromatic heterocycles. The van der Waals surface area contributed by atoms with Gasteiger partial charge in [0.25, 0.3) is 0 Å². The molecule has 0 saturated heterocycles. The highest BCUT2D eigenvalue weighted by Gasteiger charge is 2.16. The molecule has 0 N–H and O–H groups in total. The summed E-state index contributed by atoms with van der Waals surface area (Å²) in [6, 6.07) is 25.1. The molecule has 5 aromatic rings. The lowest BCUT2D eigenvalue weighted by Gasteiger charge is -2.02. The quantitative estimate of drug-likeness (QED) is 0.344. The number of para-hydroxylation sites is 2. The van der Waals surface area contributed by atoms with E-state index in [9.17, 15) is 0 Å². The average Bonchev–Trinajstić information content (AvgIpc) is 3.12. The molecular weight excluding hydrogens is 350 g/mol. The van der Waals surface area contributed by atoms with Gasteiger partial charge in [-0.15, -0.1) is 0 Å². The Morgan fingerprint density at radius 3 is 2.39 bits per heavy atom. The molecule has 0 unspecified atom stereocenters. The van der Waals surface area contributed by atoms with Crippen LogP contribution in [0.15, 0.2) is 81.7 Å². The van der Waals surface area contributed by atoms with E-state index in [0.717, 1.165) is 32.2 Å². The van der Waals surface area contributed by atoms with Gasteiger partial charge in [-0.25, -0.2) is 0 Å². The highest BCUT2D eigenvalue weighted by atomic mass is 79.9. The van der Waals surface area contributed by atoms with E-state index < -0.39 is 0 Å². The molecule has 5 rings (SSSR count). The molecule has 0 spiro atoms. The number of benzene rings is 3. The zero-order valence-corrected chi connectivity index (χ0v) is 13.7. The molecule has 0 amide bonds. The van der Waals surface area contributed by atoms with E-state index in [2.05, 4.69) is 68.9 Å². The fourth-order valence-corrected chi connectivity index (χ4v) is 3.79. The number of hydrogen-bond acceptors (Lipinski definition) is 1. The second-order valence-electron chi connectivity index (χ2n) is 5.62. The summed E-state index contributed by atoms with van der Waals surface area (Å²) < 4.78 is 9.21. The van der Waals surface area contributed by atoms with Gasteiger partial charge in [-0.3, -0.25) is 4.40 Å². The molecule has 110 valence electrons. The van der Waals surface area contributed by atoms with E-state index in [1.54, 1.807) is 0 Å². The van der Waals surface area contributed by atoms with Crippen LogP contribution < -0.4 is 0 Å². The number of fused-ring (bicyclic) bond motifs is 5. The topological polar surface area (TPSA) is 17.6 Å². The minimum Gasteiger partial charge on any atom is -0.437 e. The van der Waals surface area contributed by atoms with Gasteiger partial charge in [0.05, 0.1) is 15.5 Å². The van der Waals surface area contributed by atoms with Crippen molar-refractivity contribution in [3.05, 3.63) is 77.3 Å². The zero-order chi connectivity index (χ0) is 15.4. The molecule has 23 heavy (non-hydrogen) atoms. The monoisotopic (exact) mass is 361 g/mol. The minimum absolute atomic E-state index is 0.853. The summed E-state index contributed by atoms with van der Waals surface area (Å²) in [6.45, 7) is 0. The van der Waals surface area contributed by atoms with Crippen molar-refractivity contribution in [2.24, 2.45) is 0 Å². The summed E-state index contributed by atoms with van der Waals surface area (Å²) in [5.41, 5.74) is 6.41. The molecule has 0 aliphatic heterocycles. The Hall–Kier alpha value is -2.52. The van der Waals surface area contributed by atoms with Crippen molar-refractivity contribution >= 4 is 43.6 Å². The summed E-state index contributed by atoms with van der Waals surface area (Å²) in [7, 11) is 0. The summed E-state index contributed by atoms with van der Waals surface area (Å²) in [5, 5.41) is 1.16. The number of aromatic nitrogens is 1. The van der Waals surface area contributed by atoms with Crippen LogP contribution in [0.4, 0.5) is 0 Å². The molecule has 0 bridgehead atoms. The van der Waals surface area contributed by atoms with E-state index >= 15 is 0 Å². The van der Waals surface area contributed by atoms with Crippen molar-refractivity contribution in [2.45, 2.75) is 0 Å². The van der Waals surface area contributed by atoms with Crippen molar-refractivity contribution in [2.75, 3.05) is 0 Å². The van der Waals surface area contributed by atoms with Gasteiger partial charge >= 0.3 is 0 Å². The molecule has 2 nitrogen and oxygen atoms in total. The minimum atomic E-state index is 0.853. The Labute approximate surface area is 141 Å². The summed E-state index contributed by atoms with van der Waals surface area (Å²) in [6.07, 6.45) is 0. The van der Waals surface area contributed by atoms with E-state index in [0.29, 0.717) is 0 Å². The first-order chi connectivity index (χ1) is 11.3. The molecule has 0 fully saturated rings. The predicted molar refractivity (Wildman–Crippen MR) is 97.8 cm³/mol. The third-order valence-corrected chi connectivity index (χ3v) is 5.05. The van der Waals surface area contributed by atoms with Gasteiger partial charge in [0.1, 0.15) is 0 Å². The lowest BCUT2D eigenvalue weighted by molar-refractivity contribution is 0.655. The van der Waals surface area contributed by atoms with Crippen LogP contribution in [0.1, 0.15) is 0 Å². The second kappa shape index (κ2) is 4.74. The molecule has 3 heteroatoms. The molecular formula is C20H12BrNO. The first-order valence-corrected chi connectivity index (χ1v) is 8.29. The Bertz CT molecular complexity index is 1170. The van der Waals surface area contributed by atoms with Crippen LogP contribution in [0.3, 0.4) is 0 Å². The Morgan fingerprint density at radius 1 is 0.739 bits per heavy atom. The van der Waals surface area contributed by atoms with Crippen molar-refractivity contribution in [1.29, 1.82) is 0 Å². The predicted octanol–water partition coefficient (Wildman–Crippen LogP) is 6.27. The Morgan fingerprint density at radius 2 is 1.52 bits per heavy atom. The lowest BCUT2D eigenvalue weighted by Crippen LogP contribution is -1.82. The number of nitrogens with zero attached hydrogens (tertiary/aromatic N) is 1. The second-order valence-corrected chi connectivity index (χ2v) is 6.42. The van der Waals surface area contributed by atoms with Crippen LogP contribution in [-0.2, 0) is 0 Å². The Kier molecular flexibility index (Phi) is 2.67. The highest BCUT2D eigenvalue weighted by molar-refractivity contribution is 9.10. The lowest BCUT2D eigenvalue weighted by atomic mass is 10.0. The normalized spacial score (nSPS) is 11.7. The van der Waals surface area contributed by atoms with Gasteiger partial charge in [0, 0.05) is 5.39 Å². The molecule has 2 heterocycles. The fraction of sp³-hybridized carbons (Fsp3) is 0. The number of halogens is 1. The average molecular weight is 362 g/mol. The maximum atomic E-state index is 6.03. The Balaban J connectivity index is 1.92. The van der Waals surface area contributed by atoms with Gasteiger partial charge < -0.3 is 4.42 Å². The molecule has 0 radical (unpaired) electrons.